The summed E-state index contributed by atoms with van der Waals surface area (Å²) in [6, 6.07) is 3.46. The number of anilines is 1. The Morgan fingerprint density at radius 3 is 2.80 bits per heavy atom. The Hall–Kier alpha value is -2.71. The van der Waals surface area contributed by atoms with Gasteiger partial charge in [-0.05, 0) is 24.6 Å². The Labute approximate surface area is 117 Å². The summed E-state index contributed by atoms with van der Waals surface area (Å²) in [7, 11) is 0. The fourth-order valence-electron chi connectivity index (χ4n) is 1.62. The summed E-state index contributed by atoms with van der Waals surface area (Å²) in [5.74, 6) is 5.32. The molecular formula is C15H14N4O. The lowest BCUT2D eigenvalue weighted by Crippen LogP contribution is -2.14. The molecule has 2 heterocycles. The fourth-order valence-corrected chi connectivity index (χ4v) is 1.62. The summed E-state index contributed by atoms with van der Waals surface area (Å²) >= 11 is 0. The average Bonchev–Trinajstić information content (AvgIpc) is 2.47. The van der Waals surface area contributed by atoms with E-state index in [1.807, 2.05) is 13.0 Å². The standard InChI is InChI=1S/C15H14N4O/c1-11-4-7-18-10-14(11)19-15(20)13-5-8-17-9-12(13)3-2-6-16/h4-5,7-10H,6,16H2,1H3,(H,19,20). The SMILES string of the molecule is Cc1ccncc1NC(=O)c1ccncc1C#CCN. The molecule has 20 heavy (non-hydrogen) atoms. The molecule has 1 amide bonds. The molecule has 2 rings (SSSR count). The van der Waals surface area contributed by atoms with Crippen LogP contribution in [0.1, 0.15) is 21.5 Å². The Morgan fingerprint density at radius 2 is 2.05 bits per heavy atom. The third-order valence-electron chi connectivity index (χ3n) is 2.68. The molecule has 0 aliphatic rings. The van der Waals surface area contributed by atoms with Crippen molar-refractivity contribution in [3.63, 3.8) is 0 Å². The molecule has 0 fully saturated rings. The van der Waals surface area contributed by atoms with Crippen molar-refractivity contribution in [2.75, 3.05) is 11.9 Å². The Balaban J connectivity index is 2.28. The molecule has 0 saturated heterocycles. The zero-order valence-electron chi connectivity index (χ0n) is 11.1. The quantitative estimate of drug-likeness (QED) is 0.804. The zero-order valence-corrected chi connectivity index (χ0v) is 11.1. The van der Waals surface area contributed by atoms with E-state index in [4.69, 9.17) is 5.73 Å². The molecule has 0 atom stereocenters. The number of nitrogens with two attached hydrogens (primary N) is 1. The lowest BCUT2D eigenvalue weighted by molar-refractivity contribution is 0.102. The maximum absolute atomic E-state index is 12.3. The van der Waals surface area contributed by atoms with Crippen LogP contribution in [0.15, 0.2) is 36.9 Å². The van der Waals surface area contributed by atoms with Crippen molar-refractivity contribution in [3.05, 3.63) is 53.6 Å². The maximum atomic E-state index is 12.3. The number of nitrogens with zero attached hydrogens (tertiary/aromatic N) is 2. The number of aryl methyl sites for hydroxylation is 1. The summed E-state index contributed by atoms with van der Waals surface area (Å²) < 4.78 is 0. The van der Waals surface area contributed by atoms with Crippen LogP contribution >= 0.6 is 0 Å². The van der Waals surface area contributed by atoms with Crippen LogP contribution in [0.5, 0.6) is 0 Å². The second kappa shape index (κ2) is 6.45. The molecule has 5 nitrogen and oxygen atoms in total. The van der Waals surface area contributed by atoms with Gasteiger partial charge in [0.1, 0.15) is 0 Å². The van der Waals surface area contributed by atoms with Crippen LogP contribution in [0, 0.1) is 18.8 Å². The Bertz CT molecular complexity index is 686. The first-order chi connectivity index (χ1) is 9.72. The van der Waals surface area contributed by atoms with Gasteiger partial charge in [-0.2, -0.15) is 0 Å². The van der Waals surface area contributed by atoms with Crippen molar-refractivity contribution in [3.8, 4) is 11.8 Å². The number of pyridine rings is 2. The first-order valence-corrected chi connectivity index (χ1v) is 6.07. The van der Waals surface area contributed by atoms with Crippen molar-refractivity contribution < 1.29 is 4.79 Å². The van der Waals surface area contributed by atoms with E-state index >= 15 is 0 Å². The van der Waals surface area contributed by atoms with Gasteiger partial charge in [0.2, 0.25) is 0 Å². The summed E-state index contributed by atoms with van der Waals surface area (Å²) in [4.78, 5) is 20.2. The van der Waals surface area contributed by atoms with E-state index < -0.39 is 0 Å². The van der Waals surface area contributed by atoms with E-state index in [2.05, 4.69) is 27.1 Å². The van der Waals surface area contributed by atoms with E-state index in [9.17, 15) is 4.79 Å². The van der Waals surface area contributed by atoms with Crippen molar-refractivity contribution in [1.82, 2.24) is 9.97 Å². The molecule has 5 heteroatoms. The molecular weight excluding hydrogens is 252 g/mol. The summed E-state index contributed by atoms with van der Waals surface area (Å²) in [5.41, 5.74) is 7.97. The van der Waals surface area contributed by atoms with Gasteiger partial charge in [-0.15, -0.1) is 0 Å². The number of rotatable bonds is 2. The molecule has 2 aromatic heterocycles. The summed E-state index contributed by atoms with van der Waals surface area (Å²) in [5, 5.41) is 2.82. The number of amides is 1. The van der Waals surface area contributed by atoms with Crippen molar-refractivity contribution in [1.29, 1.82) is 0 Å². The number of nitrogens with one attached hydrogen (secondary N) is 1. The van der Waals surface area contributed by atoms with E-state index in [-0.39, 0.29) is 12.5 Å². The highest BCUT2D eigenvalue weighted by Gasteiger charge is 2.11. The van der Waals surface area contributed by atoms with Gasteiger partial charge in [0.15, 0.2) is 0 Å². The smallest absolute Gasteiger partial charge is 0.257 e. The minimum atomic E-state index is -0.246. The average molecular weight is 266 g/mol. The highest BCUT2D eigenvalue weighted by molar-refractivity contribution is 6.06. The number of aromatic nitrogens is 2. The molecule has 0 aromatic carbocycles. The lowest BCUT2D eigenvalue weighted by atomic mass is 10.1. The largest absolute Gasteiger partial charge is 0.320 e. The molecule has 0 aliphatic carbocycles. The van der Waals surface area contributed by atoms with E-state index in [1.165, 1.54) is 0 Å². The normalized spacial score (nSPS) is 9.50. The third-order valence-corrected chi connectivity index (χ3v) is 2.68. The highest BCUT2D eigenvalue weighted by atomic mass is 16.1. The summed E-state index contributed by atoms with van der Waals surface area (Å²) in [6.45, 7) is 2.14. The maximum Gasteiger partial charge on any atom is 0.257 e. The second-order valence-corrected chi connectivity index (χ2v) is 4.07. The molecule has 2 aromatic rings. The Kier molecular flexibility index (Phi) is 4.43. The monoisotopic (exact) mass is 266 g/mol. The van der Waals surface area contributed by atoms with Gasteiger partial charge in [-0.3, -0.25) is 14.8 Å². The lowest BCUT2D eigenvalue weighted by Gasteiger charge is -2.08. The van der Waals surface area contributed by atoms with Gasteiger partial charge in [-0.1, -0.05) is 11.8 Å². The minimum absolute atomic E-state index is 0.234. The molecule has 0 unspecified atom stereocenters. The first kappa shape index (κ1) is 13.7. The predicted molar refractivity (Wildman–Crippen MR) is 77.1 cm³/mol. The van der Waals surface area contributed by atoms with Crippen LogP contribution in [0.4, 0.5) is 5.69 Å². The zero-order chi connectivity index (χ0) is 14.4. The van der Waals surface area contributed by atoms with Gasteiger partial charge in [0, 0.05) is 18.6 Å². The van der Waals surface area contributed by atoms with E-state index in [0.29, 0.717) is 16.8 Å². The van der Waals surface area contributed by atoms with Crippen molar-refractivity contribution in [2.45, 2.75) is 6.92 Å². The minimum Gasteiger partial charge on any atom is -0.320 e. The molecule has 0 saturated carbocycles. The van der Waals surface area contributed by atoms with Gasteiger partial charge in [-0.25, -0.2) is 0 Å². The van der Waals surface area contributed by atoms with Gasteiger partial charge < -0.3 is 11.1 Å². The molecule has 3 N–H and O–H groups in total. The number of carbonyl (C=O) groups is 1. The summed E-state index contributed by atoms with van der Waals surface area (Å²) in [6.07, 6.45) is 6.39. The van der Waals surface area contributed by atoms with Crippen molar-refractivity contribution in [2.24, 2.45) is 5.73 Å². The van der Waals surface area contributed by atoms with Crippen LogP contribution in [0.3, 0.4) is 0 Å². The molecule has 0 bridgehead atoms. The molecule has 0 spiro atoms. The third kappa shape index (κ3) is 3.19. The highest BCUT2D eigenvalue weighted by Crippen LogP contribution is 2.14. The fraction of sp³-hybridized carbons (Fsp3) is 0.133. The van der Waals surface area contributed by atoms with Crippen LogP contribution in [0.25, 0.3) is 0 Å². The Morgan fingerprint density at radius 1 is 1.30 bits per heavy atom. The second-order valence-electron chi connectivity index (χ2n) is 4.07. The van der Waals surface area contributed by atoms with Crippen LogP contribution < -0.4 is 11.1 Å². The van der Waals surface area contributed by atoms with Gasteiger partial charge in [0.05, 0.1) is 29.6 Å². The van der Waals surface area contributed by atoms with E-state index in [1.54, 1.807) is 30.9 Å². The van der Waals surface area contributed by atoms with Crippen molar-refractivity contribution >= 4 is 11.6 Å². The molecule has 0 aliphatic heterocycles. The van der Waals surface area contributed by atoms with Crippen LogP contribution in [0.2, 0.25) is 0 Å². The van der Waals surface area contributed by atoms with E-state index in [0.717, 1.165) is 5.56 Å². The van der Waals surface area contributed by atoms with Gasteiger partial charge in [0.25, 0.3) is 5.91 Å². The number of carbonyl (C=O) groups excluding carboxylic acids is 1. The van der Waals surface area contributed by atoms with Crippen LogP contribution in [-0.4, -0.2) is 22.4 Å². The first-order valence-electron chi connectivity index (χ1n) is 6.07. The van der Waals surface area contributed by atoms with Crippen LogP contribution in [-0.2, 0) is 0 Å². The molecule has 100 valence electrons. The molecule has 0 radical (unpaired) electrons. The predicted octanol–water partition coefficient (Wildman–Crippen LogP) is 1.35. The number of hydrogen-bond acceptors (Lipinski definition) is 4. The topological polar surface area (TPSA) is 80.9 Å². The van der Waals surface area contributed by atoms with Gasteiger partial charge >= 0.3 is 0 Å². The number of hydrogen-bond donors (Lipinski definition) is 2.